The van der Waals surface area contributed by atoms with E-state index in [1.165, 1.54) is 11.3 Å². The average Bonchev–Trinajstić information content (AvgIpc) is 2.81. The fourth-order valence-corrected chi connectivity index (χ4v) is 3.19. The summed E-state index contributed by atoms with van der Waals surface area (Å²) in [7, 11) is 1.63. The molecule has 2 N–H and O–H groups in total. The van der Waals surface area contributed by atoms with Crippen molar-refractivity contribution < 1.29 is 14.6 Å². The van der Waals surface area contributed by atoms with Crippen molar-refractivity contribution in [3.05, 3.63) is 28.6 Å². The first-order valence-electron chi connectivity index (χ1n) is 7.34. The zero-order chi connectivity index (χ0) is 16.5. The van der Waals surface area contributed by atoms with Crippen LogP contribution in [0.1, 0.15) is 36.0 Å². The first-order valence-corrected chi connectivity index (χ1v) is 8.15. The summed E-state index contributed by atoms with van der Waals surface area (Å²) in [5.41, 5.74) is 0.0318. The number of amides is 1. The number of ether oxygens (including phenoxy) is 1. The number of methoxy groups -OCH3 is 1. The molecule has 4 nitrogen and oxygen atoms in total. The van der Waals surface area contributed by atoms with Crippen LogP contribution in [0.4, 0.5) is 0 Å². The largest absolute Gasteiger partial charge is 0.497 e. The summed E-state index contributed by atoms with van der Waals surface area (Å²) in [5, 5.41) is 14.1. The highest BCUT2D eigenvalue weighted by Gasteiger charge is 2.26. The van der Waals surface area contributed by atoms with Gasteiger partial charge in [0, 0.05) is 11.2 Å². The Morgan fingerprint density at radius 1 is 1.45 bits per heavy atom. The maximum absolute atomic E-state index is 12.4. The number of fused-ring (bicyclic) bond motifs is 1. The van der Waals surface area contributed by atoms with E-state index in [2.05, 4.69) is 5.32 Å². The van der Waals surface area contributed by atoms with Crippen LogP contribution in [0.25, 0.3) is 10.1 Å². The van der Waals surface area contributed by atoms with E-state index in [0.717, 1.165) is 21.4 Å². The number of hydrogen-bond donors (Lipinski definition) is 2. The summed E-state index contributed by atoms with van der Waals surface area (Å²) in [6.45, 7) is 7.78. The van der Waals surface area contributed by atoms with E-state index in [1.807, 2.05) is 39.0 Å². The van der Waals surface area contributed by atoms with Crippen LogP contribution in [0.15, 0.2) is 18.2 Å². The standard InChI is InChI=1S/C17H23NO3S/c1-10(2)17(4,20)9-18-16(19)15-11(3)13-8-12(21-5)6-7-14(13)22-15/h6-8,10,20H,9H2,1-5H3,(H,18,19). The van der Waals surface area contributed by atoms with Gasteiger partial charge < -0.3 is 15.2 Å². The van der Waals surface area contributed by atoms with Gasteiger partial charge in [0.15, 0.2) is 0 Å². The lowest BCUT2D eigenvalue weighted by atomic mass is 9.92. The molecule has 2 aromatic rings. The average molecular weight is 321 g/mol. The molecule has 1 amide bonds. The van der Waals surface area contributed by atoms with Gasteiger partial charge in [0.2, 0.25) is 0 Å². The summed E-state index contributed by atoms with van der Waals surface area (Å²) >= 11 is 1.46. The van der Waals surface area contributed by atoms with Crippen molar-refractivity contribution >= 4 is 27.3 Å². The van der Waals surface area contributed by atoms with Crippen LogP contribution in [0.3, 0.4) is 0 Å². The monoisotopic (exact) mass is 321 g/mol. The summed E-state index contributed by atoms with van der Waals surface area (Å²) < 4.78 is 6.29. The van der Waals surface area contributed by atoms with Crippen molar-refractivity contribution in [3.63, 3.8) is 0 Å². The molecule has 0 bridgehead atoms. The number of rotatable bonds is 5. The zero-order valence-corrected chi connectivity index (χ0v) is 14.5. The summed E-state index contributed by atoms with van der Waals surface area (Å²) in [4.78, 5) is 13.1. The van der Waals surface area contributed by atoms with Crippen molar-refractivity contribution in [3.8, 4) is 5.75 Å². The second-order valence-corrected chi connectivity index (χ2v) is 7.17. The number of aryl methyl sites for hydroxylation is 1. The molecule has 1 aromatic carbocycles. The molecule has 1 aromatic heterocycles. The molecule has 0 aliphatic rings. The Balaban J connectivity index is 2.23. The minimum absolute atomic E-state index is 0.0700. The second-order valence-electron chi connectivity index (χ2n) is 6.11. The molecule has 5 heteroatoms. The van der Waals surface area contributed by atoms with Gasteiger partial charge in [-0.2, -0.15) is 0 Å². The highest BCUT2D eigenvalue weighted by atomic mass is 32.1. The lowest BCUT2D eigenvalue weighted by Gasteiger charge is -2.27. The lowest BCUT2D eigenvalue weighted by Crippen LogP contribution is -2.44. The van der Waals surface area contributed by atoms with Gasteiger partial charge in [-0.15, -0.1) is 11.3 Å². The summed E-state index contributed by atoms with van der Waals surface area (Å²) in [6, 6.07) is 5.80. The van der Waals surface area contributed by atoms with Gasteiger partial charge in [-0.05, 0) is 48.9 Å². The number of hydrogen-bond acceptors (Lipinski definition) is 4. The lowest BCUT2D eigenvalue weighted by molar-refractivity contribution is 0.0143. The number of carbonyl (C=O) groups excluding carboxylic acids is 1. The Morgan fingerprint density at radius 2 is 2.14 bits per heavy atom. The maximum Gasteiger partial charge on any atom is 0.261 e. The molecule has 0 fully saturated rings. The normalized spacial score (nSPS) is 14.1. The molecule has 22 heavy (non-hydrogen) atoms. The van der Waals surface area contributed by atoms with E-state index in [0.29, 0.717) is 4.88 Å². The third kappa shape index (κ3) is 3.25. The van der Waals surface area contributed by atoms with Gasteiger partial charge in [0.1, 0.15) is 5.75 Å². The molecule has 0 radical (unpaired) electrons. The minimum atomic E-state index is -0.913. The van der Waals surface area contributed by atoms with Gasteiger partial charge in [0.05, 0.1) is 17.6 Å². The molecule has 2 rings (SSSR count). The Labute approximate surface area is 135 Å². The fourth-order valence-electron chi connectivity index (χ4n) is 2.09. The molecule has 0 aliphatic heterocycles. The van der Waals surface area contributed by atoms with Crippen molar-refractivity contribution in [1.29, 1.82) is 0 Å². The van der Waals surface area contributed by atoms with E-state index in [4.69, 9.17) is 4.74 Å². The van der Waals surface area contributed by atoms with Crippen LogP contribution in [-0.4, -0.2) is 30.3 Å². The SMILES string of the molecule is COc1ccc2sc(C(=O)NCC(C)(O)C(C)C)c(C)c2c1. The molecule has 0 saturated heterocycles. The Hall–Kier alpha value is -1.59. The van der Waals surface area contributed by atoms with Gasteiger partial charge >= 0.3 is 0 Å². The predicted octanol–water partition coefficient (Wildman–Crippen LogP) is 3.36. The molecular formula is C17H23NO3S. The van der Waals surface area contributed by atoms with Crippen LogP contribution in [0, 0.1) is 12.8 Å². The maximum atomic E-state index is 12.4. The van der Waals surface area contributed by atoms with Crippen LogP contribution in [0.2, 0.25) is 0 Å². The second kappa shape index (κ2) is 6.26. The number of carbonyl (C=O) groups is 1. The van der Waals surface area contributed by atoms with Crippen LogP contribution >= 0.6 is 11.3 Å². The molecule has 120 valence electrons. The van der Waals surface area contributed by atoms with E-state index in [-0.39, 0.29) is 18.4 Å². The quantitative estimate of drug-likeness (QED) is 0.888. The Morgan fingerprint density at radius 3 is 2.73 bits per heavy atom. The zero-order valence-electron chi connectivity index (χ0n) is 13.7. The molecular weight excluding hydrogens is 298 g/mol. The number of aliphatic hydroxyl groups is 1. The highest BCUT2D eigenvalue weighted by Crippen LogP contribution is 2.33. The van der Waals surface area contributed by atoms with Crippen molar-refractivity contribution in [2.45, 2.75) is 33.3 Å². The van der Waals surface area contributed by atoms with Crippen LogP contribution < -0.4 is 10.1 Å². The smallest absolute Gasteiger partial charge is 0.261 e. The van der Waals surface area contributed by atoms with Crippen molar-refractivity contribution in [1.82, 2.24) is 5.32 Å². The van der Waals surface area contributed by atoms with Crippen LogP contribution in [-0.2, 0) is 0 Å². The highest BCUT2D eigenvalue weighted by molar-refractivity contribution is 7.21. The first-order chi connectivity index (χ1) is 10.3. The first kappa shape index (κ1) is 16.8. The molecule has 0 aliphatic carbocycles. The third-order valence-electron chi connectivity index (χ3n) is 4.20. The summed E-state index contributed by atoms with van der Waals surface area (Å²) in [6.07, 6.45) is 0. The van der Waals surface area contributed by atoms with Gasteiger partial charge in [0.25, 0.3) is 5.91 Å². The predicted molar refractivity (Wildman–Crippen MR) is 90.9 cm³/mol. The Bertz CT molecular complexity index is 689. The number of thiophene rings is 1. The fraction of sp³-hybridized carbons (Fsp3) is 0.471. The van der Waals surface area contributed by atoms with Gasteiger partial charge in [-0.25, -0.2) is 0 Å². The van der Waals surface area contributed by atoms with Crippen LogP contribution in [0.5, 0.6) is 5.75 Å². The van der Waals surface area contributed by atoms with E-state index < -0.39 is 5.60 Å². The molecule has 0 saturated carbocycles. The molecule has 0 spiro atoms. The molecule has 1 unspecified atom stereocenters. The van der Waals surface area contributed by atoms with E-state index in [9.17, 15) is 9.90 Å². The van der Waals surface area contributed by atoms with Crippen molar-refractivity contribution in [2.75, 3.05) is 13.7 Å². The number of benzene rings is 1. The minimum Gasteiger partial charge on any atom is -0.497 e. The topological polar surface area (TPSA) is 58.6 Å². The Kier molecular flexibility index (Phi) is 4.78. The van der Waals surface area contributed by atoms with Crippen molar-refractivity contribution in [2.24, 2.45) is 5.92 Å². The summed E-state index contributed by atoms with van der Waals surface area (Å²) in [5.74, 6) is 0.710. The third-order valence-corrected chi connectivity index (χ3v) is 5.47. The molecule has 1 atom stereocenters. The van der Waals surface area contributed by atoms with E-state index in [1.54, 1.807) is 14.0 Å². The number of nitrogens with one attached hydrogen (secondary N) is 1. The molecule has 1 heterocycles. The van der Waals surface area contributed by atoms with Gasteiger partial charge in [-0.3, -0.25) is 4.79 Å². The van der Waals surface area contributed by atoms with Gasteiger partial charge in [-0.1, -0.05) is 13.8 Å². The van der Waals surface area contributed by atoms with E-state index >= 15 is 0 Å².